The zero-order chi connectivity index (χ0) is 20.9. The van der Waals surface area contributed by atoms with E-state index in [0.717, 1.165) is 5.39 Å². The highest BCUT2D eigenvalue weighted by Crippen LogP contribution is 2.31. The Balaban J connectivity index is 1.59. The number of nitrogens with one attached hydrogen (secondary N) is 2. The molecule has 6 nitrogen and oxygen atoms in total. The van der Waals surface area contributed by atoms with E-state index in [0.29, 0.717) is 28.3 Å². The van der Waals surface area contributed by atoms with Gasteiger partial charge in [0.15, 0.2) is 5.78 Å². The minimum Gasteiger partial charge on any atom is -0.497 e. The van der Waals surface area contributed by atoms with Crippen LogP contribution in [0.3, 0.4) is 0 Å². The first-order valence-corrected chi connectivity index (χ1v) is 9.45. The monoisotopic (exact) mass is 400 g/mol. The molecule has 1 heterocycles. The van der Waals surface area contributed by atoms with Crippen LogP contribution in [0.15, 0.2) is 83.3 Å². The average molecular weight is 400 g/mol. The van der Waals surface area contributed by atoms with Gasteiger partial charge in [0.2, 0.25) is 5.76 Å². The Hall–Kier alpha value is -4.06. The van der Waals surface area contributed by atoms with Gasteiger partial charge in [-0.25, -0.2) is 0 Å². The molecule has 1 amide bonds. The first-order valence-electron chi connectivity index (χ1n) is 9.45. The van der Waals surface area contributed by atoms with Crippen LogP contribution < -0.4 is 15.4 Å². The number of para-hydroxylation sites is 1. The Bertz CT molecular complexity index is 1180. The summed E-state index contributed by atoms with van der Waals surface area (Å²) in [6, 6.07) is 23.3. The van der Waals surface area contributed by atoms with Crippen LogP contribution in [-0.4, -0.2) is 25.3 Å². The zero-order valence-corrected chi connectivity index (χ0v) is 16.3. The molecule has 0 bridgehead atoms. The number of Topliss-reactive ketones (excluding diaryl/α,β-unsaturated/α-hetero) is 1. The summed E-state index contributed by atoms with van der Waals surface area (Å²) in [5, 5.41) is 6.65. The van der Waals surface area contributed by atoms with E-state index in [2.05, 4.69) is 10.6 Å². The van der Waals surface area contributed by atoms with Crippen LogP contribution in [0.2, 0.25) is 0 Å². The van der Waals surface area contributed by atoms with E-state index in [1.54, 1.807) is 49.6 Å². The molecule has 0 spiro atoms. The molecular formula is C24H20N2O4. The molecule has 0 aliphatic heterocycles. The summed E-state index contributed by atoms with van der Waals surface area (Å²) in [4.78, 5) is 25.4. The number of amides is 1. The largest absolute Gasteiger partial charge is 0.497 e. The summed E-state index contributed by atoms with van der Waals surface area (Å²) in [5.41, 5.74) is 2.25. The van der Waals surface area contributed by atoms with Crippen LogP contribution in [0.4, 0.5) is 11.4 Å². The molecule has 0 radical (unpaired) electrons. The standard InChI is InChI=1S/C24H20N2O4/c1-29-18-13-11-17(12-14-18)26-24(28)23-22(19-9-5-6-10-21(19)30-23)25-15-20(27)16-7-3-2-4-8-16/h2-14,25H,15H2,1H3,(H,26,28). The lowest BCUT2D eigenvalue weighted by atomic mass is 10.1. The number of methoxy groups -OCH3 is 1. The van der Waals surface area contributed by atoms with Crippen LogP contribution in [-0.2, 0) is 0 Å². The number of hydrogen-bond acceptors (Lipinski definition) is 5. The fourth-order valence-corrected chi connectivity index (χ4v) is 3.14. The lowest BCUT2D eigenvalue weighted by molar-refractivity contribution is 0.0991. The number of benzene rings is 3. The molecule has 0 aliphatic carbocycles. The lowest BCUT2D eigenvalue weighted by Crippen LogP contribution is -2.17. The minimum absolute atomic E-state index is 0.0381. The second-order valence-corrected chi connectivity index (χ2v) is 6.63. The molecular weight excluding hydrogens is 380 g/mol. The Labute approximate surface area is 173 Å². The van der Waals surface area contributed by atoms with E-state index >= 15 is 0 Å². The third-order valence-corrected chi connectivity index (χ3v) is 4.67. The number of ketones is 1. The molecule has 3 aromatic carbocycles. The van der Waals surface area contributed by atoms with E-state index in [1.165, 1.54) is 0 Å². The molecule has 0 atom stereocenters. The van der Waals surface area contributed by atoms with Gasteiger partial charge in [-0.1, -0.05) is 42.5 Å². The van der Waals surface area contributed by atoms with Gasteiger partial charge in [0.05, 0.1) is 19.3 Å². The minimum atomic E-state index is -0.411. The van der Waals surface area contributed by atoms with Crippen molar-refractivity contribution in [2.75, 3.05) is 24.3 Å². The Kier molecular flexibility index (Phi) is 5.48. The summed E-state index contributed by atoms with van der Waals surface area (Å²) in [5.74, 6) is 0.319. The molecule has 0 unspecified atom stereocenters. The van der Waals surface area contributed by atoms with Crippen LogP contribution in [0.25, 0.3) is 11.0 Å². The second kappa shape index (κ2) is 8.53. The van der Waals surface area contributed by atoms with E-state index in [9.17, 15) is 9.59 Å². The van der Waals surface area contributed by atoms with Crippen molar-refractivity contribution in [2.45, 2.75) is 0 Å². The van der Waals surface area contributed by atoms with E-state index < -0.39 is 5.91 Å². The molecule has 6 heteroatoms. The van der Waals surface area contributed by atoms with Crippen molar-refractivity contribution in [3.63, 3.8) is 0 Å². The maximum atomic E-state index is 12.9. The van der Waals surface area contributed by atoms with E-state index in [4.69, 9.17) is 9.15 Å². The quantitative estimate of drug-likeness (QED) is 0.427. The van der Waals surface area contributed by atoms with Crippen molar-refractivity contribution in [3.05, 3.63) is 90.2 Å². The SMILES string of the molecule is COc1ccc(NC(=O)c2oc3ccccc3c2NCC(=O)c2ccccc2)cc1. The first kappa shape index (κ1) is 19.3. The predicted octanol–water partition coefficient (Wildman–Crippen LogP) is 4.99. The van der Waals surface area contributed by atoms with Crippen LogP contribution in [0.1, 0.15) is 20.9 Å². The summed E-state index contributed by atoms with van der Waals surface area (Å²) >= 11 is 0. The number of fused-ring (bicyclic) bond motifs is 1. The summed E-state index contributed by atoms with van der Waals surface area (Å²) < 4.78 is 10.9. The lowest BCUT2D eigenvalue weighted by Gasteiger charge is -2.08. The van der Waals surface area contributed by atoms with Crippen LogP contribution >= 0.6 is 0 Å². The van der Waals surface area contributed by atoms with Crippen LogP contribution in [0.5, 0.6) is 5.75 Å². The number of anilines is 2. The van der Waals surface area contributed by atoms with Gasteiger partial charge in [0, 0.05) is 16.6 Å². The average Bonchev–Trinajstić information content (AvgIpc) is 3.17. The molecule has 150 valence electrons. The van der Waals surface area contributed by atoms with E-state index in [-0.39, 0.29) is 18.1 Å². The molecule has 0 saturated heterocycles. The highest BCUT2D eigenvalue weighted by atomic mass is 16.5. The highest BCUT2D eigenvalue weighted by Gasteiger charge is 2.21. The van der Waals surface area contributed by atoms with Crippen molar-refractivity contribution in [1.82, 2.24) is 0 Å². The molecule has 4 rings (SSSR count). The normalized spacial score (nSPS) is 10.6. The summed E-state index contributed by atoms with van der Waals surface area (Å²) in [6.07, 6.45) is 0. The highest BCUT2D eigenvalue weighted by molar-refractivity contribution is 6.12. The second-order valence-electron chi connectivity index (χ2n) is 6.63. The summed E-state index contributed by atoms with van der Waals surface area (Å²) in [7, 11) is 1.58. The Morgan fingerprint density at radius 1 is 0.900 bits per heavy atom. The zero-order valence-electron chi connectivity index (χ0n) is 16.3. The van der Waals surface area contributed by atoms with Gasteiger partial charge in [-0.05, 0) is 36.4 Å². The van der Waals surface area contributed by atoms with Crippen molar-refractivity contribution < 1.29 is 18.7 Å². The maximum Gasteiger partial charge on any atom is 0.293 e. The smallest absolute Gasteiger partial charge is 0.293 e. The fourth-order valence-electron chi connectivity index (χ4n) is 3.14. The van der Waals surface area contributed by atoms with Crippen LogP contribution in [0, 0.1) is 0 Å². The number of ether oxygens (including phenoxy) is 1. The fraction of sp³-hybridized carbons (Fsp3) is 0.0833. The van der Waals surface area contributed by atoms with Crippen molar-refractivity contribution >= 4 is 34.0 Å². The van der Waals surface area contributed by atoms with Crippen molar-refractivity contribution in [3.8, 4) is 5.75 Å². The van der Waals surface area contributed by atoms with Gasteiger partial charge < -0.3 is 19.8 Å². The predicted molar refractivity (Wildman–Crippen MR) is 116 cm³/mol. The molecule has 0 saturated carbocycles. The number of hydrogen-bond donors (Lipinski definition) is 2. The third-order valence-electron chi connectivity index (χ3n) is 4.67. The van der Waals surface area contributed by atoms with Gasteiger partial charge in [-0.15, -0.1) is 0 Å². The van der Waals surface area contributed by atoms with Gasteiger partial charge in [0.1, 0.15) is 11.3 Å². The van der Waals surface area contributed by atoms with Gasteiger partial charge in [-0.2, -0.15) is 0 Å². The van der Waals surface area contributed by atoms with Crippen molar-refractivity contribution in [2.24, 2.45) is 0 Å². The molecule has 0 aliphatic rings. The number of carbonyl (C=O) groups is 2. The summed E-state index contributed by atoms with van der Waals surface area (Å²) in [6.45, 7) is 0.0381. The topological polar surface area (TPSA) is 80.6 Å². The van der Waals surface area contributed by atoms with Gasteiger partial charge in [0.25, 0.3) is 5.91 Å². The molecule has 0 fully saturated rings. The molecule has 1 aromatic heterocycles. The molecule has 2 N–H and O–H groups in total. The molecule has 4 aromatic rings. The molecule has 30 heavy (non-hydrogen) atoms. The first-order chi connectivity index (χ1) is 14.7. The van der Waals surface area contributed by atoms with E-state index in [1.807, 2.05) is 36.4 Å². The van der Waals surface area contributed by atoms with Gasteiger partial charge >= 0.3 is 0 Å². The number of carbonyl (C=O) groups excluding carboxylic acids is 2. The third kappa shape index (κ3) is 4.03. The Morgan fingerprint density at radius 2 is 1.60 bits per heavy atom. The Morgan fingerprint density at radius 3 is 2.33 bits per heavy atom. The number of furan rings is 1. The maximum absolute atomic E-state index is 12.9. The van der Waals surface area contributed by atoms with Gasteiger partial charge in [-0.3, -0.25) is 9.59 Å². The number of rotatable bonds is 7. The van der Waals surface area contributed by atoms with Crippen molar-refractivity contribution in [1.29, 1.82) is 0 Å².